The van der Waals surface area contributed by atoms with Crippen molar-refractivity contribution in [3.05, 3.63) is 126 Å². The molecule has 2 nitrogen and oxygen atoms in total. The van der Waals surface area contributed by atoms with Gasteiger partial charge in [0.15, 0.2) is 0 Å². The van der Waals surface area contributed by atoms with E-state index in [4.69, 9.17) is 0 Å². The molecule has 1 aromatic heterocycles. The standard InChI is InChI=1S/C22H15F3N2/c23-19-7-1-4-16(12-19)22(27-11-10-26-15-27,17-5-2-8-20(24)13-17)18-6-3-9-21(25)14-18/h1-15H. The van der Waals surface area contributed by atoms with E-state index in [1.165, 1.54) is 36.4 Å². The molecule has 27 heavy (non-hydrogen) atoms. The van der Waals surface area contributed by atoms with E-state index in [2.05, 4.69) is 4.98 Å². The average molecular weight is 364 g/mol. The minimum Gasteiger partial charge on any atom is -0.319 e. The monoisotopic (exact) mass is 364 g/mol. The van der Waals surface area contributed by atoms with Gasteiger partial charge in [-0.2, -0.15) is 0 Å². The van der Waals surface area contributed by atoms with Crippen molar-refractivity contribution in [3.8, 4) is 0 Å². The third-order valence-corrected chi connectivity index (χ3v) is 4.62. The van der Waals surface area contributed by atoms with E-state index in [9.17, 15) is 13.2 Å². The van der Waals surface area contributed by atoms with Gasteiger partial charge < -0.3 is 4.57 Å². The molecule has 0 spiro atoms. The molecule has 5 heteroatoms. The van der Waals surface area contributed by atoms with Gasteiger partial charge in [0.2, 0.25) is 0 Å². The molecule has 0 bridgehead atoms. The lowest BCUT2D eigenvalue weighted by Crippen LogP contribution is -2.37. The molecule has 0 aliphatic rings. The summed E-state index contributed by atoms with van der Waals surface area (Å²) in [5.41, 5.74) is 0.383. The van der Waals surface area contributed by atoms with E-state index in [1.54, 1.807) is 59.7 Å². The predicted molar refractivity (Wildman–Crippen MR) is 96.7 cm³/mol. The molecule has 0 amide bonds. The molecule has 0 saturated carbocycles. The minimum absolute atomic E-state index is 0.440. The third kappa shape index (κ3) is 2.91. The zero-order chi connectivity index (χ0) is 18.9. The molecule has 0 fully saturated rings. The molecule has 0 atom stereocenters. The molecule has 4 aromatic rings. The summed E-state index contributed by atoms with van der Waals surface area (Å²) in [7, 11) is 0. The highest BCUT2D eigenvalue weighted by atomic mass is 19.1. The summed E-state index contributed by atoms with van der Waals surface area (Å²) in [6, 6.07) is 18.1. The van der Waals surface area contributed by atoms with E-state index < -0.39 is 23.0 Å². The Morgan fingerprint density at radius 3 is 1.44 bits per heavy atom. The molecule has 134 valence electrons. The summed E-state index contributed by atoms with van der Waals surface area (Å²) in [4.78, 5) is 4.11. The Morgan fingerprint density at radius 1 is 0.667 bits per heavy atom. The Labute approximate surface area is 154 Å². The van der Waals surface area contributed by atoms with Gasteiger partial charge in [-0.25, -0.2) is 18.2 Å². The van der Waals surface area contributed by atoms with Crippen molar-refractivity contribution in [1.82, 2.24) is 9.55 Å². The Balaban J connectivity index is 2.15. The summed E-state index contributed by atoms with van der Waals surface area (Å²) in [5, 5.41) is 0. The molecule has 3 aromatic carbocycles. The van der Waals surface area contributed by atoms with Crippen LogP contribution in [0.25, 0.3) is 0 Å². The fraction of sp³-hybridized carbons (Fsp3) is 0.0455. The first-order valence-electron chi connectivity index (χ1n) is 8.37. The van der Waals surface area contributed by atoms with E-state index in [-0.39, 0.29) is 0 Å². The van der Waals surface area contributed by atoms with Crippen LogP contribution >= 0.6 is 0 Å². The molecule has 0 aliphatic carbocycles. The van der Waals surface area contributed by atoms with Gasteiger partial charge in [-0.1, -0.05) is 36.4 Å². The lowest BCUT2D eigenvalue weighted by atomic mass is 9.76. The smallest absolute Gasteiger partial charge is 0.123 e. The molecular weight excluding hydrogens is 349 g/mol. The SMILES string of the molecule is Fc1cccc(C(c2cccc(F)c2)(c2cccc(F)c2)n2ccnc2)c1. The first-order valence-corrected chi connectivity index (χ1v) is 8.37. The number of benzene rings is 3. The van der Waals surface area contributed by atoms with Crippen molar-refractivity contribution >= 4 is 0 Å². The first kappa shape index (κ1) is 17.1. The highest BCUT2D eigenvalue weighted by Gasteiger charge is 2.39. The molecule has 1 heterocycles. The van der Waals surface area contributed by atoms with Crippen LogP contribution in [-0.4, -0.2) is 9.55 Å². The second-order valence-corrected chi connectivity index (χ2v) is 6.21. The molecule has 4 rings (SSSR count). The van der Waals surface area contributed by atoms with Crippen LogP contribution in [-0.2, 0) is 5.54 Å². The normalized spacial score (nSPS) is 11.5. The van der Waals surface area contributed by atoms with Gasteiger partial charge in [0, 0.05) is 12.4 Å². The molecule has 0 unspecified atom stereocenters. The number of imidazole rings is 1. The molecular formula is C22H15F3N2. The van der Waals surface area contributed by atoms with Gasteiger partial charge >= 0.3 is 0 Å². The lowest BCUT2D eigenvalue weighted by molar-refractivity contribution is 0.499. The number of nitrogens with zero attached hydrogens (tertiary/aromatic N) is 2. The summed E-state index contributed by atoms with van der Waals surface area (Å²) >= 11 is 0. The number of hydrogen-bond donors (Lipinski definition) is 0. The van der Waals surface area contributed by atoms with E-state index >= 15 is 0 Å². The summed E-state index contributed by atoms with van der Waals surface area (Å²) in [6.07, 6.45) is 4.83. The van der Waals surface area contributed by atoms with Gasteiger partial charge in [0.05, 0.1) is 6.33 Å². The largest absolute Gasteiger partial charge is 0.319 e. The van der Waals surface area contributed by atoms with Crippen LogP contribution in [0.4, 0.5) is 13.2 Å². The second-order valence-electron chi connectivity index (χ2n) is 6.21. The van der Waals surface area contributed by atoms with Crippen LogP contribution < -0.4 is 0 Å². The van der Waals surface area contributed by atoms with Crippen LogP contribution in [0.1, 0.15) is 16.7 Å². The summed E-state index contributed by atoms with van der Waals surface area (Å²) in [5.74, 6) is -1.32. The molecule has 0 saturated heterocycles. The zero-order valence-corrected chi connectivity index (χ0v) is 14.2. The van der Waals surface area contributed by atoms with Crippen molar-refractivity contribution in [2.45, 2.75) is 5.54 Å². The third-order valence-electron chi connectivity index (χ3n) is 4.62. The quantitative estimate of drug-likeness (QED) is 0.459. The predicted octanol–water partition coefficient (Wildman–Crippen LogP) is 5.14. The Kier molecular flexibility index (Phi) is 4.28. The Hall–Kier alpha value is -3.34. The zero-order valence-electron chi connectivity index (χ0n) is 14.2. The second kappa shape index (κ2) is 6.76. The Bertz CT molecular complexity index is 963. The lowest BCUT2D eigenvalue weighted by Gasteiger charge is -2.37. The van der Waals surface area contributed by atoms with E-state index in [1.807, 2.05) is 0 Å². The van der Waals surface area contributed by atoms with Crippen LogP contribution in [0.3, 0.4) is 0 Å². The van der Waals surface area contributed by atoms with Gasteiger partial charge in [0.25, 0.3) is 0 Å². The maximum absolute atomic E-state index is 14.2. The molecule has 0 radical (unpaired) electrons. The van der Waals surface area contributed by atoms with Crippen LogP contribution in [0, 0.1) is 17.5 Å². The van der Waals surface area contributed by atoms with Gasteiger partial charge in [0.1, 0.15) is 23.0 Å². The number of rotatable bonds is 4. The maximum Gasteiger partial charge on any atom is 0.123 e. The van der Waals surface area contributed by atoms with Crippen molar-refractivity contribution in [2.75, 3.05) is 0 Å². The van der Waals surface area contributed by atoms with Crippen LogP contribution in [0.2, 0.25) is 0 Å². The summed E-state index contributed by atoms with van der Waals surface area (Å²) < 4.78 is 44.2. The Morgan fingerprint density at radius 2 is 1.11 bits per heavy atom. The maximum atomic E-state index is 14.2. The molecule has 0 aliphatic heterocycles. The number of halogens is 3. The van der Waals surface area contributed by atoms with Gasteiger partial charge in [-0.15, -0.1) is 0 Å². The van der Waals surface area contributed by atoms with Crippen molar-refractivity contribution in [2.24, 2.45) is 0 Å². The molecule has 0 N–H and O–H groups in total. The highest BCUT2D eigenvalue weighted by Crippen LogP contribution is 2.41. The fourth-order valence-corrected chi connectivity index (χ4v) is 3.55. The average Bonchev–Trinajstić information content (AvgIpc) is 3.18. The fourth-order valence-electron chi connectivity index (χ4n) is 3.55. The first-order chi connectivity index (χ1) is 13.1. The van der Waals surface area contributed by atoms with Crippen molar-refractivity contribution in [3.63, 3.8) is 0 Å². The van der Waals surface area contributed by atoms with Crippen LogP contribution in [0.15, 0.2) is 91.5 Å². The minimum atomic E-state index is -1.19. The van der Waals surface area contributed by atoms with E-state index in [0.717, 1.165) is 0 Å². The van der Waals surface area contributed by atoms with Crippen molar-refractivity contribution in [1.29, 1.82) is 0 Å². The van der Waals surface area contributed by atoms with Crippen LogP contribution in [0.5, 0.6) is 0 Å². The number of hydrogen-bond acceptors (Lipinski definition) is 1. The number of aromatic nitrogens is 2. The summed E-state index contributed by atoms with van der Waals surface area (Å²) in [6.45, 7) is 0. The van der Waals surface area contributed by atoms with Crippen molar-refractivity contribution < 1.29 is 13.2 Å². The van der Waals surface area contributed by atoms with Gasteiger partial charge in [-0.05, 0) is 53.1 Å². The van der Waals surface area contributed by atoms with E-state index in [0.29, 0.717) is 16.7 Å². The highest BCUT2D eigenvalue weighted by molar-refractivity contribution is 5.51. The topological polar surface area (TPSA) is 17.8 Å². The van der Waals surface area contributed by atoms with Gasteiger partial charge in [-0.3, -0.25) is 0 Å².